The first-order chi connectivity index (χ1) is 13.6. The average molecular weight is 411 g/mol. The van der Waals surface area contributed by atoms with Gasteiger partial charge in [0.05, 0.1) is 11.1 Å². The highest BCUT2D eigenvalue weighted by molar-refractivity contribution is 7.99. The number of nitrogens with one attached hydrogen (secondary N) is 1. The number of fused-ring (bicyclic) bond motifs is 1. The Morgan fingerprint density at radius 3 is 2.75 bits per heavy atom. The van der Waals surface area contributed by atoms with Gasteiger partial charge in [-0.2, -0.15) is 0 Å². The van der Waals surface area contributed by atoms with Crippen molar-refractivity contribution < 1.29 is 4.79 Å². The number of para-hydroxylation sites is 1. The van der Waals surface area contributed by atoms with E-state index in [4.69, 9.17) is 16.6 Å². The maximum absolute atomic E-state index is 13.2. The third-order valence-electron chi connectivity index (χ3n) is 5.38. The second-order valence-electron chi connectivity index (χ2n) is 7.43. The Morgan fingerprint density at radius 2 is 1.93 bits per heavy atom. The fourth-order valence-corrected chi connectivity index (χ4v) is 4.97. The van der Waals surface area contributed by atoms with Crippen molar-refractivity contribution in [1.82, 2.24) is 10.3 Å². The van der Waals surface area contributed by atoms with E-state index in [0.29, 0.717) is 16.5 Å². The van der Waals surface area contributed by atoms with Gasteiger partial charge in [-0.05, 0) is 49.1 Å². The Kier molecular flexibility index (Phi) is 5.88. The maximum atomic E-state index is 13.2. The summed E-state index contributed by atoms with van der Waals surface area (Å²) in [6, 6.07) is 17.7. The van der Waals surface area contributed by atoms with Gasteiger partial charge < -0.3 is 5.32 Å². The lowest BCUT2D eigenvalue weighted by molar-refractivity contribution is 0.0911. The van der Waals surface area contributed by atoms with E-state index in [1.807, 2.05) is 54.6 Å². The smallest absolute Gasteiger partial charge is 0.252 e. The summed E-state index contributed by atoms with van der Waals surface area (Å²) in [5.41, 5.74) is 1.52. The molecule has 0 radical (unpaired) electrons. The Labute approximate surface area is 174 Å². The zero-order valence-corrected chi connectivity index (χ0v) is 17.4. The lowest BCUT2D eigenvalue weighted by Crippen LogP contribution is -2.41. The van der Waals surface area contributed by atoms with E-state index in [1.54, 1.807) is 0 Å². The Morgan fingerprint density at radius 1 is 1.11 bits per heavy atom. The molecule has 0 bridgehead atoms. The molecule has 1 amide bonds. The third-order valence-corrected chi connectivity index (χ3v) is 6.53. The number of aromatic nitrogens is 1. The molecule has 0 spiro atoms. The molecule has 1 aromatic heterocycles. The molecule has 0 unspecified atom stereocenters. The number of nitrogens with zero attached hydrogens (tertiary/aromatic N) is 1. The summed E-state index contributed by atoms with van der Waals surface area (Å²) in [5.74, 6) is 0.511. The minimum absolute atomic E-state index is 0.00899. The monoisotopic (exact) mass is 410 g/mol. The maximum Gasteiger partial charge on any atom is 0.252 e. The van der Waals surface area contributed by atoms with Gasteiger partial charge in [-0.3, -0.25) is 4.79 Å². The summed E-state index contributed by atoms with van der Waals surface area (Å²) < 4.78 is 0. The summed E-state index contributed by atoms with van der Waals surface area (Å²) in [6.07, 6.45) is 4.67. The second-order valence-corrected chi connectivity index (χ2v) is 8.96. The van der Waals surface area contributed by atoms with E-state index < -0.39 is 0 Å². The predicted octanol–water partition coefficient (Wildman–Crippen LogP) is 6.35. The van der Waals surface area contributed by atoms with Crippen LogP contribution in [0.1, 0.15) is 43.0 Å². The van der Waals surface area contributed by atoms with Crippen LogP contribution in [-0.2, 0) is 0 Å². The Bertz CT molecular complexity index is 1010. The molecule has 1 N–H and O–H groups in total. The summed E-state index contributed by atoms with van der Waals surface area (Å²) in [5, 5.41) is 5.65. The molecule has 1 saturated carbocycles. The van der Waals surface area contributed by atoms with Crippen molar-refractivity contribution in [3.63, 3.8) is 0 Å². The molecule has 144 valence electrons. The summed E-state index contributed by atoms with van der Waals surface area (Å²) in [4.78, 5) is 18.9. The largest absolute Gasteiger partial charge is 0.349 e. The molecule has 1 aliphatic rings. The number of carbonyl (C=O) groups is 1. The Hall–Kier alpha value is -2.04. The van der Waals surface area contributed by atoms with E-state index in [1.165, 1.54) is 31.0 Å². The first-order valence-electron chi connectivity index (χ1n) is 9.74. The summed E-state index contributed by atoms with van der Waals surface area (Å²) in [7, 11) is 0. The summed E-state index contributed by atoms with van der Waals surface area (Å²) in [6.45, 7) is 2.23. The van der Waals surface area contributed by atoms with Crippen LogP contribution in [0.2, 0.25) is 5.02 Å². The van der Waals surface area contributed by atoms with Gasteiger partial charge in [0.1, 0.15) is 5.03 Å². The second kappa shape index (κ2) is 8.54. The number of benzene rings is 2. The van der Waals surface area contributed by atoms with Crippen LogP contribution in [-0.4, -0.2) is 16.9 Å². The molecule has 1 aliphatic carbocycles. The Balaban J connectivity index is 1.67. The molecule has 3 aromatic rings. The lowest BCUT2D eigenvalue weighted by Gasteiger charge is -2.29. The first-order valence-corrected chi connectivity index (χ1v) is 10.9. The fourth-order valence-electron chi connectivity index (χ4n) is 3.82. The van der Waals surface area contributed by atoms with Gasteiger partial charge in [0, 0.05) is 21.3 Å². The molecular weight excluding hydrogens is 388 g/mol. The molecule has 0 saturated heterocycles. The number of rotatable bonds is 4. The molecule has 2 aromatic carbocycles. The SMILES string of the molecule is C[C@@H]1CCCC[C@@H]1NC(=O)c1cc(Sc2cccc(Cl)c2)nc2ccccc12. The van der Waals surface area contributed by atoms with Gasteiger partial charge in [0.25, 0.3) is 5.91 Å². The molecule has 1 fully saturated rings. The minimum Gasteiger partial charge on any atom is -0.349 e. The molecule has 1 heterocycles. The molecule has 3 nitrogen and oxygen atoms in total. The van der Waals surface area contributed by atoms with Crippen molar-refractivity contribution in [3.8, 4) is 0 Å². The summed E-state index contributed by atoms with van der Waals surface area (Å²) >= 11 is 7.63. The van der Waals surface area contributed by atoms with Gasteiger partial charge in [-0.1, -0.05) is 67.4 Å². The van der Waals surface area contributed by atoms with Crippen LogP contribution >= 0.6 is 23.4 Å². The standard InChI is InChI=1S/C23H23ClN2OS/c1-15-7-2-4-11-20(15)26-23(27)19-14-22(25-21-12-5-3-10-18(19)21)28-17-9-6-8-16(24)13-17/h3,5-6,8-10,12-15,20H,2,4,7,11H2,1H3,(H,26,27)/t15-,20+/m1/s1. The topological polar surface area (TPSA) is 42.0 Å². The van der Waals surface area contributed by atoms with Crippen molar-refractivity contribution in [2.24, 2.45) is 5.92 Å². The number of hydrogen-bond donors (Lipinski definition) is 1. The van der Waals surface area contributed by atoms with Gasteiger partial charge in [-0.25, -0.2) is 4.98 Å². The number of amides is 1. The van der Waals surface area contributed by atoms with Crippen molar-refractivity contribution in [2.45, 2.75) is 48.6 Å². The van der Waals surface area contributed by atoms with Crippen LogP contribution in [0.3, 0.4) is 0 Å². The highest BCUT2D eigenvalue weighted by atomic mass is 35.5. The zero-order valence-electron chi connectivity index (χ0n) is 15.8. The zero-order chi connectivity index (χ0) is 19.5. The van der Waals surface area contributed by atoms with E-state index in [2.05, 4.69) is 12.2 Å². The van der Waals surface area contributed by atoms with E-state index in [-0.39, 0.29) is 11.9 Å². The quantitative estimate of drug-likeness (QED) is 0.545. The van der Waals surface area contributed by atoms with Crippen molar-refractivity contribution in [3.05, 3.63) is 65.2 Å². The van der Waals surface area contributed by atoms with Crippen LogP contribution in [0.25, 0.3) is 10.9 Å². The van der Waals surface area contributed by atoms with Gasteiger partial charge in [0.2, 0.25) is 0 Å². The first kappa shape index (κ1) is 19.3. The van der Waals surface area contributed by atoms with Gasteiger partial charge in [-0.15, -0.1) is 0 Å². The minimum atomic E-state index is -0.00899. The fraction of sp³-hybridized carbons (Fsp3) is 0.304. The van der Waals surface area contributed by atoms with E-state index in [9.17, 15) is 4.79 Å². The normalized spacial score (nSPS) is 19.5. The van der Waals surface area contributed by atoms with Crippen molar-refractivity contribution in [2.75, 3.05) is 0 Å². The van der Waals surface area contributed by atoms with Gasteiger partial charge >= 0.3 is 0 Å². The predicted molar refractivity (Wildman–Crippen MR) is 116 cm³/mol. The van der Waals surface area contributed by atoms with Crippen LogP contribution in [0.15, 0.2) is 64.5 Å². The number of hydrogen-bond acceptors (Lipinski definition) is 3. The molecular formula is C23H23ClN2OS. The van der Waals surface area contributed by atoms with Crippen molar-refractivity contribution >= 4 is 40.2 Å². The van der Waals surface area contributed by atoms with Crippen LogP contribution in [0.4, 0.5) is 0 Å². The van der Waals surface area contributed by atoms with Crippen LogP contribution in [0.5, 0.6) is 0 Å². The molecule has 28 heavy (non-hydrogen) atoms. The van der Waals surface area contributed by atoms with E-state index >= 15 is 0 Å². The molecule has 0 aliphatic heterocycles. The van der Waals surface area contributed by atoms with Crippen LogP contribution < -0.4 is 5.32 Å². The highest BCUT2D eigenvalue weighted by Crippen LogP contribution is 2.31. The number of carbonyl (C=O) groups excluding carboxylic acids is 1. The number of halogens is 1. The molecule has 4 rings (SSSR count). The third kappa shape index (κ3) is 4.34. The van der Waals surface area contributed by atoms with Gasteiger partial charge in [0.15, 0.2) is 0 Å². The molecule has 5 heteroatoms. The van der Waals surface area contributed by atoms with Crippen molar-refractivity contribution in [1.29, 1.82) is 0 Å². The van der Waals surface area contributed by atoms with Crippen LogP contribution in [0, 0.1) is 5.92 Å². The van der Waals surface area contributed by atoms with E-state index in [0.717, 1.165) is 27.2 Å². The molecule has 2 atom stereocenters. The average Bonchev–Trinajstić information content (AvgIpc) is 2.69. The lowest BCUT2D eigenvalue weighted by atomic mass is 9.86. The number of pyridine rings is 1. The highest BCUT2D eigenvalue weighted by Gasteiger charge is 2.24.